The SMILES string of the molecule is O=C1OC(c2cccc3ccccc23)=N/C1=C/c1ccc(OCc2ccccc2)cc1. The molecule has 150 valence electrons. The molecular weight excluding hydrogens is 386 g/mol. The average Bonchev–Trinajstić information content (AvgIpc) is 3.18. The van der Waals surface area contributed by atoms with Crippen molar-refractivity contribution in [3.8, 4) is 5.75 Å². The predicted molar refractivity (Wildman–Crippen MR) is 122 cm³/mol. The molecule has 0 saturated heterocycles. The molecule has 4 heteroatoms. The first-order valence-corrected chi connectivity index (χ1v) is 10.0. The number of rotatable bonds is 5. The lowest BCUT2D eigenvalue weighted by atomic mass is 10.0. The molecule has 0 bridgehead atoms. The van der Waals surface area contributed by atoms with Crippen molar-refractivity contribution in [2.24, 2.45) is 4.99 Å². The first kappa shape index (κ1) is 18.8. The summed E-state index contributed by atoms with van der Waals surface area (Å²) in [5, 5.41) is 2.07. The number of hydrogen-bond donors (Lipinski definition) is 0. The second kappa shape index (κ2) is 8.28. The Labute approximate surface area is 180 Å². The zero-order chi connectivity index (χ0) is 21.0. The van der Waals surface area contributed by atoms with Crippen LogP contribution in [0.2, 0.25) is 0 Å². The van der Waals surface area contributed by atoms with E-state index < -0.39 is 5.97 Å². The summed E-state index contributed by atoms with van der Waals surface area (Å²) < 4.78 is 11.3. The molecule has 4 aromatic carbocycles. The predicted octanol–water partition coefficient (Wildman–Crippen LogP) is 5.76. The highest BCUT2D eigenvalue weighted by Crippen LogP contribution is 2.25. The van der Waals surface area contributed by atoms with Crippen molar-refractivity contribution in [1.29, 1.82) is 0 Å². The molecule has 4 aromatic rings. The maximum atomic E-state index is 12.4. The number of aliphatic imine (C=N–C) groups is 1. The Kier molecular flexibility index (Phi) is 5.03. The number of cyclic esters (lactones) is 1. The van der Waals surface area contributed by atoms with Crippen LogP contribution in [0.15, 0.2) is 108 Å². The number of carbonyl (C=O) groups is 1. The molecular formula is C27H19NO3. The zero-order valence-corrected chi connectivity index (χ0v) is 16.7. The fraction of sp³-hybridized carbons (Fsp3) is 0.0370. The normalized spacial score (nSPS) is 14.5. The van der Waals surface area contributed by atoms with E-state index in [1.165, 1.54) is 0 Å². The van der Waals surface area contributed by atoms with Crippen molar-refractivity contribution >= 4 is 28.7 Å². The Balaban J connectivity index is 1.35. The number of carbonyl (C=O) groups excluding carboxylic acids is 1. The van der Waals surface area contributed by atoms with E-state index in [-0.39, 0.29) is 5.70 Å². The summed E-state index contributed by atoms with van der Waals surface area (Å²) in [4.78, 5) is 16.9. The van der Waals surface area contributed by atoms with Crippen LogP contribution in [0.4, 0.5) is 0 Å². The second-order valence-electron chi connectivity index (χ2n) is 7.21. The molecule has 1 heterocycles. The van der Waals surface area contributed by atoms with Gasteiger partial charge in [0.1, 0.15) is 12.4 Å². The monoisotopic (exact) mass is 405 g/mol. The summed E-state index contributed by atoms with van der Waals surface area (Å²) in [6.07, 6.45) is 1.72. The lowest BCUT2D eigenvalue weighted by Gasteiger charge is -2.06. The number of esters is 1. The first-order valence-electron chi connectivity index (χ1n) is 10.0. The largest absolute Gasteiger partial charge is 0.489 e. The van der Waals surface area contributed by atoms with Gasteiger partial charge in [0.2, 0.25) is 5.90 Å². The van der Waals surface area contributed by atoms with Gasteiger partial charge in [0, 0.05) is 5.56 Å². The Morgan fingerprint density at radius 2 is 1.55 bits per heavy atom. The summed E-state index contributed by atoms with van der Waals surface area (Å²) in [6.45, 7) is 0.506. The van der Waals surface area contributed by atoms with Crippen LogP contribution in [0, 0.1) is 0 Å². The number of benzene rings is 4. The van der Waals surface area contributed by atoms with Crippen LogP contribution < -0.4 is 4.74 Å². The van der Waals surface area contributed by atoms with Gasteiger partial charge in [0.05, 0.1) is 0 Å². The average molecular weight is 405 g/mol. The van der Waals surface area contributed by atoms with E-state index in [4.69, 9.17) is 9.47 Å². The molecule has 0 aromatic heterocycles. The van der Waals surface area contributed by atoms with Gasteiger partial charge in [0.25, 0.3) is 0 Å². The Hall–Kier alpha value is -4.18. The third-order valence-corrected chi connectivity index (χ3v) is 5.07. The van der Waals surface area contributed by atoms with Gasteiger partial charge < -0.3 is 9.47 Å². The van der Waals surface area contributed by atoms with Gasteiger partial charge in [0.15, 0.2) is 5.70 Å². The number of hydrogen-bond acceptors (Lipinski definition) is 4. The highest BCUT2D eigenvalue weighted by molar-refractivity contribution is 6.17. The van der Waals surface area contributed by atoms with Crippen molar-refractivity contribution in [2.75, 3.05) is 0 Å². The molecule has 0 N–H and O–H groups in total. The molecule has 31 heavy (non-hydrogen) atoms. The van der Waals surface area contributed by atoms with Gasteiger partial charge in [-0.3, -0.25) is 0 Å². The van der Waals surface area contributed by atoms with Crippen LogP contribution in [-0.4, -0.2) is 11.9 Å². The molecule has 0 saturated carbocycles. The van der Waals surface area contributed by atoms with Crippen LogP contribution in [-0.2, 0) is 16.1 Å². The number of nitrogens with zero attached hydrogens (tertiary/aromatic N) is 1. The van der Waals surface area contributed by atoms with Crippen molar-refractivity contribution in [3.63, 3.8) is 0 Å². The van der Waals surface area contributed by atoms with Gasteiger partial charge in [-0.05, 0) is 46.2 Å². The molecule has 0 radical (unpaired) electrons. The molecule has 0 unspecified atom stereocenters. The Morgan fingerprint density at radius 1 is 0.806 bits per heavy atom. The molecule has 4 nitrogen and oxygen atoms in total. The van der Waals surface area contributed by atoms with Crippen molar-refractivity contribution < 1.29 is 14.3 Å². The molecule has 0 atom stereocenters. The van der Waals surface area contributed by atoms with E-state index >= 15 is 0 Å². The first-order chi connectivity index (χ1) is 15.3. The Morgan fingerprint density at radius 3 is 2.39 bits per heavy atom. The Bertz CT molecular complexity index is 1300. The van der Waals surface area contributed by atoms with Gasteiger partial charge in [-0.2, -0.15) is 0 Å². The summed E-state index contributed by atoms with van der Waals surface area (Å²) in [5.41, 5.74) is 3.04. The summed E-state index contributed by atoms with van der Waals surface area (Å²) in [5.74, 6) is 0.642. The van der Waals surface area contributed by atoms with Gasteiger partial charge >= 0.3 is 5.97 Å². The molecule has 5 rings (SSSR count). The van der Waals surface area contributed by atoms with Gasteiger partial charge in [-0.1, -0.05) is 78.9 Å². The number of fused-ring (bicyclic) bond motifs is 1. The quantitative estimate of drug-likeness (QED) is 0.313. The van der Waals surface area contributed by atoms with Gasteiger partial charge in [-0.15, -0.1) is 0 Å². The van der Waals surface area contributed by atoms with Gasteiger partial charge in [-0.25, -0.2) is 9.79 Å². The van der Waals surface area contributed by atoms with Crippen LogP contribution >= 0.6 is 0 Å². The molecule has 1 aliphatic rings. The van der Waals surface area contributed by atoms with Crippen molar-refractivity contribution in [1.82, 2.24) is 0 Å². The molecule has 0 spiro atoms. The topological polar surface area (TPSA) is 47.9 Å². The van der Waals surface area contributed by atoms with Crippen LogP contribution in [0.3, 0.4) is 0 Å². The fourth-order valence-corrected chi connectivity index (χ4v) is 3.50. The maximum absolute atomic E-state index is 12.4. The van der Waals surface area contributed by atoms with Crippen LogP contribution in [0.5, 0.6) is 5.75 Å². The third kappa shape index (κ3) is 4.09. The molecule has 1 aliphatic heterocycles. The smallest absolute Gasteiger partial charge is 0.363 e. The minimum absolute atomic E-state index is 0.279. The molecule has 0 amide bonds. The van der Waals surface area contributed by atoms with E-state index in [1.54, 1.807) is 6.08 Å². The highest BCUT2D eigenvalue weighted by atomic mass is 16.6. The standard InChI is InChI=1S/C27H19NO3/c29-27-25(28-26(31-27)24-12-6-10-21-9-4-5-11-23(21)24)17-19-13-15-22(16-14-19)30-18-20-7-2-1-3-8-20/h1-17H,18H2/b25-17+. The summed E-state index contributed by atoms with van der Waals surface area (Å²) in [7, 11) is 0. The minimum Gasteiger partial charge on any atom is -0.489 e. The lowest BCUT2D eigenvalue weighted by molar-refractivity contribution is -0.129. The second-order valence-corrected chi connectivity index (χ2v) is 7.21. The van der Waals surface area contributed by atoms with E-state index in [0.29, 0.717) is 12.5 Å². The van der Waals surface area contributed by atoms with E-state index in [9.17, 15) is 4.79 Å². The lowest BCUT2D eigenvalue weighted by Crippen LogP contribution is -2.05. The van der Waals surface area contributed by atoms with E-state index in [2.05, 4.69) is 4.99 Å². The van der Waals surface area contributed by atoms with E-state index in [0.717, 1.165) is 33.2 Å². The van der Waals surface area contributed by atoms with Crippen LogP contribution in [0.1, 0.15) is 16.7 Å². The third-order valence-electron chi connectivity index (χ3n) is 5.07. The number of ether oxygens (including phenoxy) is 2. The zero-order valence-electron chi connectivity index (χ0n) is 16.7. The molecule has 0 fully saturated rings. The van der Waals surface area contributed by atoms with Crippen LogP contribution in [0.25, 0.3) is 16.8 Å². The summed E-state index contributed by atoms with van der Waals surface area (Å²) in [6, 6.07) is 31.4. The minimum atomic E-state index is -0.452. The maximum Gasteiger partial charge on any atom is 0.363 e. The van der Waals surface area contributed by atoms with Crippen molar-refractivity contribution in [2.45, 2.75) is 6.61 Å². The summed E-state index contributed by atoms with van der Waals surface area (Å²) >= 11 is 0. The molecule has 0 aliphatic carbocycles. The fourth-order valence-electron chi connectivity index (χ4n) is 3.50. The highest BCUT2D eigenvalue weighted by Gasteiger charge is 2.25. The van der Waals surface area contributed by atoms with Crippen molar-refractivity contribution in [3.05, 3.63) is 119 Å². The van der Waals surface area contributed by atoms with E-state index in [1.807, 2.05) is 97.1 Å².